The molecule has 0 saturated carbocycles. The lowest BCUT2D eigenvalue weighted by Gasteiger charge is -2.38. The number of piperazine rings is 1. The molecule has 0 unspecified atom stereocenters. The first-order valence-corrected chi connectivity index (χ1v) is 12.0. The third kappa shape index (κ3) is 6.61. The molecular weight excluding hydrogens is 485 g/mol. The smallest absolute Gasteiger partial charge is 0.326 e. The third-order valence-corrected chi connectivity index (χ3v) is 6.08. The van der Waals surface area contributed by atoms with Gasteiger partial charge in [-0.2, -0.15) is 4.99 Å². The maximum Gasteiger partial charge on any atom is 0.326 e. The van der Waals surface area contributed by atoms with Gasteiger partial charge in [-0.3, -0.25) is 5.32 Å². The van der Waals surface area contributed by atoms with Gasteiger partial charge in [-0.05, 0) is 68.8 Å². The molecule has 0 aliphatic carbocycles. The first-order valence-electron chi connectivity index (χ1n) is 11.3. The first-order chi connectivity index (χ1) is 16.8. The fraction of sp³-hybridized carbons (Fsp3) is 0.280. The number of halogens is 2. The number of carbonyl (C=O) groups is 1. The summed E-state index contributed by atoms with van der Waals surface area (Å²) in [5.74, 6) is 0.696. The highest BCUT2D eigenvalue weighted by Gasteiger charge is 2.23. The van der Waals surface area contributed by atoms with E-state index < -0.39 is 6.03 Å². The van der Waals surface area contributed by atoms with E-state index in [0.717, 1.165) is 30.2 Å². The fourth-order valence-corrected chi connectivity index (χ4v) is 4.20. The van der Waals surface area contributed by atoms with E-state index in [9.17, 15) is 4.79 Å². The second-order valence-electron chi connectivity index (χ2n) is 8.38. The molecule has 0 bridgehead atoms. The molecule has 10 heteroatoms. The lowest BCUT2D eigenvalue weighted by Crippen LogP contribution is -2.54. The van der Waals surface area contributed by atoms with E-state index in [0.29, 0.717) is 40.7 Å². The van der Waals surface area contributed by atoms with Gasteiger partial charge >= 0.3 is 6.03 Å². The number of urea groups is 1. The van der Waals surface area contributed by atoms with E-state index in [2.05, 4.69) is 37.4 Å². The Balaban J connectivity index is 1.53. The van der Waals surface area contributed by atoms with Gasteiger partial charge in [0.1, 0.15) is 0 Å². The second kappa shape index (κ2) is 10.9. The molecule has 1 aliphatic heterocycles. The van der Waals surface area contributed by atoms with Crippen LogP contribution in [0.15, 0.2) is 53.5 Å². The number of hydrogen-bond acceptors (Lipinski definition) is 5. The lowest BCUT2D eigenvalue weighted by atomic mass is 10.1. The monoisotopic (exact) mass is 511 g/mol. The highest BCUT2D eigenvalue weighted by Crippen LogP contribution is 2.25. The van der Waals surface area contributed by atoms with Gasteiger partial charge in [0.15, 0.2) is 0 Å². The van der Waals surface area contributed by atoms with Crippen LogP contribution in [0.1, 0.15) is 17.0 Å². The summed E-state index contributed by atoms with van der Waals surface area (Å²) in [4.78, 5) is 30.6. The quantitative estimate of drug-likeness (QED) is 0.366. The number of aryl methyl sites for hydroxylation is 3. The Kier molecular flexibility index (Phi) is 7.73. The molecule has 1 fully saturated rings. The number of nitrogens with one attached hydrogen (secondary N) is 2. The van der Waals surface area contributed by atoms with Crippen LogP contribution in [0, 0.1) is 20.8 Å². The van der Waals surface area contributed by atoms with Crippen LogP contribution < -0.4 is 15.5 Å². The van der Waals surface area contributed by atoms with Gasteiger partial charge in [-0.15, -0.1) is 0 Å². The van der Waals surface area contributed by atoms with Gasteiger partial charge in [0, 0.05) is 59.0 Å². The van der Waals surface area contributed by atoms with Gasteiger partial charge in [-0.1, -0.05) is 29.3 Å². The number of hydrogen-bond donors (Lipinski definition) is 2. The summed E-state index contributed by atoms with van der Waals surface area (Å²) < 4.78 is 0. The molecule has 8 nitrogen and oxygen atoms in total. The van der Waals surface area contributed by atoms with Crippen molar-refractivity contribution in [1.82, 2.24) is 20.2 Å². The fourth-order valence-electron chi connectivity index (χ4n) is 3.91. The molecule has 1 saturated heterocycles. The maximum atomic E-state index is 12.8. The standard InChI is InChI=1S/C25H27Cl2N7O/c1-16-4-5-20(27)15-22(16)33-10-12-34(13-11-33)24(31-23-28-17(2)14-18(3)29-23)32-25(35)30-21-8-6-19(26)7-9-21/h4-9,14-15H,10-13H2,1-3H3,(H2,28,29,30,31,32,35). The van der Waals surface area contributed by atoms with E-state index in [1.807, 2.05) is 43.0 Å². The van der Waals surface area contributed by atoms with Crippen molar-refractivity contribution < 1.29 is 4.79 Å². The number of anilines is 2. The van der Waals surface area contributed by atoms with Crippen molar-refractivity contribution in [3.8, 4) is 0 Å². The zero-order valence-corrected chi connectivity index (χ0v) is 21.4. The summed E-state index contributed by atoms with van der Waals surface area (Å²) in [6.07, 6.45) is 0. The molecule has 2 heterocycles. The minimum absolute atomic E-state index is 0.303. The molecule has 35 heavy (non-hydrogen) atoms. The zero-order chi connectivity index (χ0) is 24.9. The molecule has 2 aromatic carbocycles. The maximum absolute atomic E-state index is 12.8. The Labute approximate surface area is 215 Å². The number of guanidine groups is 1. The molecule has 0 spiro atoms. The molecule has 0 atom stereocenters. The molecule has 182 valence electrons. The van der Waals surface area contributed by atoms with E-state index >= 15 is 0 Å². The SMILES string of the molecule is Cc1cc(C)nc(/N=C(\NC(=O)Nc2ccc(Cl)cc2)N2CCN(c3cc(Cl)ccc3C)CC2)n1. The topological polar surface area (TPSA) is 85.7 Å². The van der Waals surface area contributed by atoms with Crippen LogP contribution in [0.3, 0.4) is 0 Å². The highest BCUT2D eigenvalue weighted by molar-refractivity contribution is 6.31. The zero-order valence-electron chi connectivity index (χ0n) is 19.8. The largest absolute Gasteiger partial charge is 0.368 e. The molecule has 2 amide bonds. The van der Waals surface area contributed by atoms with E-state index in [1.54, 1.807) is 24.3 Å². The molecule has 0 radical (unpaired) electrons. The predicted octanol–water partition coefficient (Wildman–Crippen LogP) is 5.34. The van der Waals surface area contributed by atoms with Crippen molar-refractivity contribution in [2.24, 2.45) is 4.99 Å². The van der Waals surface area contributed by atoms with E-state index in [1.165, 1.54) is 5.56 Å². The molecule has 2 N–H and O–H groups in total. The van der Waals surface area contributed by atoms with Crippen LogP contribution in [-0.2, 0) is 0 Å². The Hall–Kier alpha value is -3.36. The molecule has 1 aliphatic rings. The van der Waals surface area contributed by atoms with Crippen molar-refractivity contribution in [3.63, 3.8) is 0 Å². The van der Waals surface area contributed by atoms with Crippen LogP contribution >= 0.6 is 23.2 Å². The van der Waals surface area contributed by atoms with E-state index in [-0.39, 0.29) is 0 Å². The van der Waals surface area contributed by atoms with Crippen molar-refractivity contribution >= 4 is 52.5 Å². The highest BCUT2D eigenvalue weighted by atomic mass is 35.5. The minimum atomic E-state index is -0.413. The number of aliphatic imine (C=N–C) groups is 1. The van der Waals surface area contributed by atoms with Gasteiger partial charge in [0.25, 0.3) is 5.95 Å². The van der Waals surface area contributed by atoms with Crippen LogP contribution in [0.5, 0.6) is 0 Å². The first kappa shape index (κ1) is 24.8. The Bertz CT molecular complexity index is 1220. The normalized spacial score (nSPS) is 14.1. The van der Waals surface area contributed by atoms with E-state index in [4.69, 9.17) is 23.2 Å². The summed E-state index contributed by atoms with van der Waals surface area (Å²) in [5, 5.41) is 7.01. The predicted molar refractivity (Wildman–Crippen MR) is 142 cm³/mol. The van der Waals surface area contributed by atoms with Gasteiger partial charge in [-0.25, -0.2) is 14.8 Å². The second-order valence-corrected chi connectivity index (χ2v) is 9.25. The van der Waals surface area contributed by atoms with Crippen molar-refractivity contribution in [1.29, 1.82) is 0 Å². The van der Waals surface area contributed by atoms with Crippen LogP contribution in [-0.4, -0.2) is 53.0 Å². The molecule has 3 aromatic rings. The van der Waals surface area contributed by atoms with Crippen LogP contribution in [0.4, 0.5) is 22.1 Å². The average molecular weight is 512 g/mol. The summed E-state index contributed by atoms with van der Waals surface area (Å²) >= 11 is 12.2. The van der Waals surface area contributed by atoms with Gasteiger partial charge < -0.3 is 15.1 Å². The number of amides is 2. The van der Waals surface area contributed by atoms with Crippen molar-refractivity contribution in [2.45, 2.75) is 20.8 Å². The number of aromatic nitrogens is 2. The minimum Gasteiger partial charge on any atom is -0.368 e. The van der Waals surface area contributed by atoms with Crippen molar-refractivity contribution in [3.05, 3.63) is 75.5 Å². The van der Waals surface area contributed by atoms with Gasteiger partial charge in [0.05, 0.1) is 0 Å². The summed E-state index contributed by atoms with van der Waals surface area (Å²) in [5.41, 5.74) is 4.52. The Morgan fingerprint density at radius 2 is 1.51 bits per heavy atom. The van der Waals surface area contributed by atoms with Crippen molar-refractivity contribution in [2.75, 3.05) is 36.4 Å². The Morgan fingerprint density at radius 1 is 0.886 bits per heavy atom. The number of carbonyl (C=O) groups excluding carboxylic acids is 1. The lowest BCUT2D eigenvalue weighted by molar-refractivity contribution is 0.254. The summed E-state index contributed by atoms with van der Waals surface area (Å²) in [7, 11) is 0. The molecule has 4 rings (SSSR count). The van der Waals surface area contributed by atoms with Crippen LogP contribution in [0.25, 0.3) is 0 Å². The average Bonchev–Trinajstić information content (AvgIpc) is 2.81. The molecular formula is C25H27Cl2N7O. The third-order valence-electron chi connectivity index (χ3n) is 5.59. The number of benzene rings is 2. The van der Waals surface area contributed by atoms with Crippen LogP contribution in [0.2, 0.25) is 10.0 Å². The number of nitrogens with zero attached hydrogens (tertiary/aromatic N) is 5. The molecule has 1 aromatic heterocycles. The number of rotatable bonds is 3. The summed E-state index contributed by atoms with van der Waals surface area (Å²) in [6, 6.07) is 14.3. The Morgan fingerprint density at radius 3 is 2.17 bits per heavy atom. The van der Waals surface area contributed by atoms with Gasteiger partial charge in [0.2, 0.25) is 5.96 Å². The summed E-state index contributed by atoms with van der Waals surface area (Å²) in [6.45, 7) is 8.64.